The molecule has 634 valence electrons. The van der Waals surface area contributed by atoms with E-state index in [0.717, 1.165) is 118 Å². The highest BCUT2D eigenvalue weighted by molar-refractivity contribution is 5.99. The first kappa shape index (κ1) is 91.2. The van der Waals surface area contributed by atoms with Crippen molar-refractivity contribution in [3.63, 3.8) is 0 Å². The molecular weight excluding hydrogens is 1620 g/mol. The molecule has 0 fully saturated rings. The molecule has 128 heavy (non-hydrogen) atoms. The van der Waals surface area contributed by atoms with Gasteiger partial charge in [-0.15, -0.1) is 12.3 Å². The fourth-order valence-corrected chi connectivity index (χ4v) is 13.6. The molecule has 0 saturated heterocycles. The highest BCUT2D eigenvalue weighted by atomic mass is 16.4. The van der Waals surface area contributed by atoms with Crippen LogP contribution in [0.25, 0.3) is 106 Å². The lowest BCUT2D eigenvalue weighted by Gasteiger charge is -2.26. The average Bonchev–Trinajstić information content (AvgIpc) is 0.796. The predicted octanol–water partition coefficient (Wildman–Crippen LogP) is 14.0. The maximum atomic E-state index is 11.7. The summed E-state index contributed by atoms with van der Waals surface area (Å²) in [6, 6.07) is 100. The van der Waals surface area contributed by atoms with E-state index in [4.69, 9.17) is 5.11 Å². The van der Waals surface area contributed by atoms with Crippen molar-refractivity contribution in [3.05, 3.63) is 419 Å². The highest BCUT2D eigenvalue weighted by Crippen LogP contribution is 2.40. The quantitative estimate of drug-likeness (QED) is 0.0433. The van der Waals surface area contributed by atoms with Gasteiger partial charge in [0.25, 0.3) is 0 Å². The molecule has 0 aliphatic heterocycles. The van der Waals surface area contributed by atoms with Gasteiger partial charge in [0.2, 0.25) is 0 Å². The number of Topliss-reactive ketones (excluding diaryl/α,β-unsaturated/α-hetero) is 3. The Morgan fingerprint density at radius 2 is 0.336 bits per heavy atom. The Morgan fingerprint density at radius 3 is 0.500 bits per heavy atom. The Hall–Kier alpha value is -17.6. The zero-order valence-electron chi connectivity index (χ0n) is 67.8. The Kier molecular flexibility index (Phi) is 29.1. The number of hydrogen-bond donors (Lipinski definition) is 1. The van der Waals surface area contributed by atoms with Crippen LogP contribution in [0.1, 0.15) is 148 Å². The number of aromatic carboxylic acids is 8. The molecule has 0 aliphatic carbocycles. The van der Waals surface area contributed by atoms with Crippen LogP contribution in [-0.4, -0.2) is 70.2 Å². The Morgan fingerprint density at radius 1 is 0.195 bits per heavy atom. The molecule has 21 heteroatoms. The maximum Gasteiger partial charge on any atom is 0.335 e. The number of benzene rings is 15. The molecule has 0 heterocycles. The van der Waals surface area contributed by atoms with Crippen LogP contribution in [0.5, 0.6) is 0 Å². The zero-order chi connectivity index (χ0) is 90.9. The molecule has 0 amide bonds. The first-order chi connectivity index (χ1) is 60.8. The average molecular weight is 1690 g/mol. The van der Waals surface area contributed by atoms with Crippen molar-refractivity contribution in [1.82, 2.24) is 0 Å². The summed E-state index contributed by atoms with van der Waals surface area (Å²) in [4.78, 5) is 124. The third-order valence-corrected chi connectivity index (χ3v) is 20.6. The SMILES string of the molecule is C.C=C([O-])c1cc(C(=O)[O-])cc(C(=O)O)c1.CC(=O)c1ccc(-c2cc(-c3ccc(C(=O)[O-])cc3)cc(-c3ccc(C(=O)[O-])cc3)c2)cc1.CC(=O)c1ccc(-c2ccc(-c3cc(-c4ccc(-c5ccc(C(=O)[O-])cc5)cc4)cc(-c4ccc(-c5ccc(C(=O)[O-])cc5)cc4)c3)cc2)cc1.CC(=O)c1ccc(N(c2ccc(C(=O)[O-])cc2)c2ccc(C(=O)[O-])cc2)cc1. The van der Waals surface area contributed by atoms with E-state index in [9.17, 15) is 93.6 Å². The molecule has 0 unspecified atom stereocenters. The predicted molar refractivity (Wildman–Crippen MR) is 472 cm³/mol. The minimum atomic E-state index is -1.54. The van der Waals surface area contributed by atoms with E-state index in [0.29, 0.717) is 33.8 Å². The minimum Gasteiger partial charge on any atom is -0.872 e. The lowest BCUT2D eigenvalue weighted by molar-refractivity contribution is -0.256. The van der Waals surface area contributed by atoms with Crippen LogP contribution < -0.4 is 45.8 Å². The summed E-state index contributed by atoms with van der Waals surface area (Å²) in [5.74, 6) is -11.0. The van der Waals surface area contributed by atoms with Gasteiger partial charge in [-0.1, -0.05) is 250 Å². The molecule has 1 N–H and O–H groups in total. The lowest BCUT2D eigenvalue weighted by atomic mass is 9.91. The fourth-order valence-electron chi connectivity index (χ4n) is 13.6. The molecule has 0 saturated carbocycles. The largest absolute Gasteiger partial charge is 0.872 e. The van der Waals surface area contributed by atoms with E-state index in [1.54, 1.807) is 140 Å². The number of carbonyl (C=O) groups excluding carboxylic acids is 10. The van der Waals surface area contributed by atoms with Crippen molar-refractivity contribution in [2.75, 3.05) is 4.90 Å². The van der Waals surface area contributed by atoms with Gasteiger partial charge in [0.05, 0.1) is 47.3 Å². The van der Waals surface area contributed by atoms with Gasteiger partial charge < -0.3 is 84.4 Å². The first-order valence-electron chi connectivity index (χ1n) is 38.9. The van der Waals surface area contributed by atoms with Gasteiger partial charge >= 0.3 is 5.97 Å². The van der Waals surface area contributed by atoms with Crippen LogP contribution in [0.2, 0.25) is 0 Å². The summed E-state index contributed by atoms with van der Waals surface area (Å²) in [7, 11) is 0. The van der Waals surface area contributed by atoms with E-state index < -0.39 is 53.5 Å². The van der Waals surface area contributed by atoms with Crippen molar-refractivity contribution >= 4 is 87.9 Å². The van der Waals surface area contributed by atoms with Crippen molar-refractivity contribution in [2.24, 2.45) is 0 Å². The normalized spacial score (nSPS) is 10.4. The van der Waals surface area contributed by atoms with Gasteiger partial charge in [-0.2, -0.15) is 0 Å². The van der Waals surface area contributed by atoms with Crippen LogP contribution in [0.4, 0.5) is 17.1 Å². The second-order valence-electron chi connectivity index (χ2n) is 29.0. The summed E-state index contributed by atoms with van der Waals surface area (Å²) in [6.45, 7) is 7.62. The second kappa shape index (κ2) is 40.9. The zero-order valence-corrected chi connectivity index (χ0v) is 67.8. The van der Waals surface area contributed by atoms with Gasteiger partial charge in [0, 0.05) is 33.8 Å². The Bertz CT molecular complexity index is 6020. The van der Waals surface area contributed by atoms with Gasteiger partial charge in [0.1, 0.15) is 0 Å². The number of carboxylic acids is 8. The standard InChI is InChI=1S/C46H32O5.C28H20O5.C22H17NO5.C10H8O5.CH4/c1-29(47)30-2-4-31(5-3-30)32-6-12-37(13-7-32)42-26-43(38-14-8-33(9-15-38)35-18-22-40(23-19-35)45(48)49)28-44(27-42)39-16-10-34(11-17-39)36-20-24-41(25-21-36)46(50)51;1-17(29)18-2-4-19(5-3-18)24-14-25(20-6-10-22(11-7-20)27(30)31)16-26(15-24)21-8-12-23(13-9-21)28(32)33;1-14(24)15-2-8-18(9-3-15)23(19-10-4-16(5-11-19)21(25)26)20-12-6-17(7-13-20)22(27)28;1-5(11)6-2-7(9(12)13)4-8(3-6)10(14)15;/h2-28H,1H3,(H,48,49)(H,50,51);2-16H,1H3,(H,30,31)(H,32,33);2-13H,1H3,(H,25,26)(H,27,28);2-4,11H,1H2,(H,12,13)(H,14,15);1H4/p-8. The number of carboxylic acid groups (broad SMARTS) is 8. The topological polar surface area (TPSA) is 396 Å². The van der Waals surface area contributed by atoms with Gasteiger partial charge in [-0.3, -0.25) is 14.4 Å². The minimum absolute atomic E-state index is 0. The summed E-state index contributed by atoms with van der Waals surface area (Å²) in [5, 5.41) is 96.6. The van der Waals surface area contributed by atoms with E-state index in [-0.39, 0.29) is 74.8 Å². The third kappa shape index (κ3) is 22.8. The van der Waals surface area contributed by atoms with Crippen molar-refractivity contribution in [3.8, 4) is 100 Å². The van der Waals surface area contributed by atoms with E-state index in [1.165, 1.54) is 62.4 Å². The van der Waals surface area contributed by atoms with Gasteiger partial charge in [-0.25, -0.2) is 4.79 Å². The van der Waals surface area contributed by atoms with Crippen molar-refractivity contribution in [1.29, 1.82) is 0 Å². The molecule has 21 nitrogen and oxygen atoms in total. The number of rotatable bonds is 24. The fraction of sp³-hybridized carbons (Fsp3) is 0.0374. The number of hydrogen-bond acceptors (Lipinski definition) is 20. The summed E-state index contributed by atoms with van der Waals surface area (Å²) < 4.78 is 0. The monoisotopic (exact) mass is 1690 g/mol. The molecule has 0 spiro atoms. The highest BCUT2D eigenvalue weighted by Gasteiger charge is 2.18. The summed E-state index contributed by atoms with van der Waals surface area (Å²) >= 11 is 0. The number of anilines is 3. The van der Waals surface area contributed by atoms with E-state index in [1.807, 2.05) is 83.8 Å². The molecule has 15 aromatic rings. The Balaban J connectivity index is 0.000000178. The second-order valence-corrected chi connectivity index (χ2v) is 29.0. The number of carbonyl (C=O) groups is 11. The molecule has 0 aliphatic rings. The molecular formula is C107H73NO20-8. The molecule has 0 atom stereocenters. The van der Waals surface area contributed by atoms with Crippen molar-refractivity contribution in [2.45, 2.75) is 28.2 Å². The molecule has 15 rings (SSSR count). The van der Waals surface area contributed by atoms with Crippen LogP contribution >= 0.6 is 0 Å². The van der Waals surface area contributed by atoms with Crippen LogP contribution in [0.3, 0.4) is 0 Å². The third-order valence-electron chi connectivity index (χ3n) is 20.6. The summed E-state index contributed by atoms with van der Waals surface area (Å²) in [5.41, 5.74) is 20.9. The molecule has 15 aromatic carbocycles. The molecule has 0 bridgehead atoms. The van der Waals surface area contributed by atoms with Crippen LogP contribution in [0.15, 0.2) is 352 Å². The van der Waals surface area contributed by atoms with Gasteiger partial charge in [0.15, 0.2) is 17.3 Å². The van der Waals surface area contributed by atoms with E-state index >= 15 is 0 Å². The maximum absolute atomic E-state index is 11.7. The molecule has 0 radical (unpaired) electrons. The number of ketones is 3. The van der Waals surface area contributed by atoms with Crippen LogP contribution in [0, 0.1) is 0 Å². The Labute approximate surface area is 734 Å². The van der Waals surface area contributed by atoms with Crippen LogP contribution in [-0.2, 0) is 0 Å². The number of nitrogens with zero attached hydrogens (tertiary/aromatic N) is 1. The van der Waals surface area contributed by atoms with Crippen molar-refractivity contribution < 1.29 is 98.7 Å². The van der Waals surface area contributed by atoms with Gasteiger partial charge in [-0.05, 0) is 269 Å². The van der Waals surface area contributed by atoms with E-state index in [2.05, 4.69) is 73.3 Å². The molecule has 0 aromatic heterocycles. The summed E-state index contributed by atoms with van der Waals surface area (Å²) in [6.07, 6.45) is 0. The smallest absolute Gasteiger partial charge is 0.335 e. The first-order valence-corrected chi connectivity index (χ1v) is 38.9. The lowest BCUT2D eigenvalue weighted by Crippen LogP contribution is -2.23.